The van der Waals surface area contributed by atoms with Gasteiger partial charge in [0.1, 0.15) is 16.2 Å². The standard InChI is InChI=1S/C19H17N3O4S2/c1-11(23)13-4-3-5-14(8-13)22-17(25)12(2)26-16(24)9-28-19-15-6-7-27-18(15)20-10-21-19/h3-8,10,12H,9H2,1-2H3,(H,22,25)/t12-/m1/s1. The van der Waals surface area contributed by atoms with Crippen molar-refractivity contribution in [3.63, 3.8) is 0 Å². The summed E-state index contributed by atoms with van der Waals surface area (Å²) in [6, 6.07) is 8.48. The summed E-state index contributed by atoms with van der Waals surface area (Å²) in [6.07, 6.45) is 0.484. The third kappa shape index (κ3) is 4.93. The molecule has 0 aliphatic carbocycles. The molecule has 0 unspecified atom stereocenters. The van der Waals surface area contributed by atoms with Crippen LogP contribution >= 0.6 is 23.1 Å². The van der Waals surface area contributed by atoms with Gasteiger partial charge in [-0.25, -0.2) is 9.97 Å². The van der Waals surface area contributed by atoms with Crippen LogP contribution in [0, 0.1) is 0 Å². The van der Waals surface area contributed by atoms with Gasteiger partial charge >= 0.3 is 5.97 Å². The normalized spacial score (nSPS) is 11.8. The van der Waals surface area contributed by atoms with E-state index < -0.39 is 18.0 Å². The highest BCUT2D eigenvalue weighted by molar-refractivity contribution is 8.00. The Morgan fingerprint density at radius 2 is 2.07 bits per heavy atom. The van der Waals surface area contributed by atoms with Crippen molar-refractivity contribution in [2.75, 3.05) is 11.1 Å². The maximum absolute atomic E-state index is 12.2. The molecule has 7 nitrogen and oxygen atoms in total. The summed E-state index contributed by atoms with van der Waals surface area (Å²) >= 11 is 2.74. The number of carbonyl (C=O) groups excluding carboxylic acids is 3. The van der Waals surface area contributed by atoms with Gasteiger partial charge in [0.25, 0.3) is 5.91 Å². The number of anilines is 1. The average Bonchev–Trinajstić information content (AvgIpc) is 3.15. The Labute approximate surface area is 169 Å². The molecule has 0 fully saturated rings. The molecule has 0 aliphatic heterocycles. The molecule has 0 radical (unpaired) electrons. The predicted octanol–water partition coefficient (Wildman–Crippen LogP) is 3.56. The van der Waals surface area contributed by atoms with Crippen molar-refractivity contribution < 1.29 is 19.1 Å². The highest BCUT2D eigenvalue weighted by atomic mass is 32.2. The Hall–Kier alpha value is -2.78. The van der Waals surface area contributed by atoms with Crippen molar-refractivity contribution in [3.05, 3.63) is 47.6 Å². The monoisotopic (exact) mass is 415 g/mol. The van der Waals surface area contributed by atoms with E-state index in [2.05, 4.69) is 15.3 Å². The lowest BCUT2D eigenvalue weighted by Crippen LogP contribution is -2.30. The number of aromatic nitrogens is 2. The SMILES string of the molecule is CC(=O)c1cccc(NC(=O)[C@@H](C)OC(=O)CSc2ncnc3sccc23)c1. The molecule has 0 saturated carbocycles. The van der Waals surface area contributed by atoms with Crippen LogP contribution in [0.4, 0.5) is 5.69 Å². The van der Waals surface area contributed by atoms with Gasteiger partial charge in [0.2, 0.25) is 0 Å². The predicted molar refractivity (Wildman–Crippen MR) is 109 cm³/mol. The van der Waals surface area contributed by atoms with E-state index in [4.69, 9.17) is 4.74 Å². The number of carbonyl (C=O) groups is 3. The van der Waals surface area contributed by atoms with Gasteiger partial charge in [-0.3, -0.25) is 14.4 Å². The van der Waals surface area contributed by atoms with E-state index in [-0.39, 0.29) is 11.5 Å². The van der Waals surface area contributed by atoms with E-state index in [1.807, 2.05) is 11.4 Å². The van der Waals surface area contributed by atoms with Crippen LogP contribution in [0.15, 0.2) is 47.1 Å². The molecule has 144 valence electrons. The topological polar surface area (TPSA) is 98.2 Å². The number of ketones is 1. The average molecular weight is 415 g/mol. The molecule has 0 aliphatic rings. The summed E-state index contributed by atoms with van der Waals surface area (Å²) in [5.41, 5.74) is 0.958. The highest BCUT2D eigenvalue weighted by Crippen LogP contribution is 2.27. The lowest BCUT2D eigenvalue weighted by Gasteiger charge is -2.13. The molecular formula is C19H17N3O4S2. The molecule has 0 saturated heterocycles. The van der Waals surface area contributed by atoms with Crippen LogP contribution in [0.25, 0.3) is 10.2 Å². The summed E-state index contributed by atoms with van der Waals surface area (Å²) in [6.45, 7) is 2.94. The number of rotatable bonds is 7. The number of ether oxygens (including phenoxy) is 1. The molecule has 0 bridgehead atoms. The highest BCUT2D eigenvalue weighted by Gasteiger charge is 2.19. The quantitative estimate of drug-likeness (QED) is 0.273. The number of thioether (sulfide) groups is 1. The van der Waals surface area contributed by atoms with Crippen LogP contribution < -0.4 is 5.32 Å². The Kier molecular flexibility index (Phi) is 6.37. The fourth-order valence-electron chi connectivity index (χ4n) is 2.35. The van der Waals surface area contributed by atoms with E-state index in [9.17, 15) is 14.4 Å². The fraction of sp³-hybridized carbons (Fsp3) is 0.211. The number of fused-ring (bicyclic) bond motifs is 1. The number of thiophene rings is 1. The smallest absolute Gasteiger partial charge is 0.317 e. The zero-order chi connectivity index (χ0) is 20.1. The molecule has 28 heavy (non-hydrogen) atoms. The van der Waals surface area contributed by atoms with Crippen LogP contribution in [0.2, 0.25) is 0 Å². The summed E-state index contributed by atoms with van der Waals surface area (Å²) in [7, 11) is 0. The van der Waals surface area contributed by atoms with E-state index in [1.54, 1.807) is 24.3 Å². The Morgan fingerprint density at radius 3 is 2.86 bits per heavy atom. The fourth-order valence-corrected chi connectivity index (χ4v) is 3.92. The molecule has 3 aromatic rings. The first-order valence-corrected chi connectivity index (χ1v) is 10.2. The van der Waals surface area contributed by atoms with Crippen LogP contribution in [-0.2, 0) is 14.3 Å². The second kappa shape index (κ2) is 8.94. The Bertz CT molecular complexity index is 1030. The lowest BCUT2D eigenvalue weighted by molar-refractivity contribution is -0.150. The number of Topliss-reactive ketones (excluding diaryl/α,β-unsaturated/α-hetero) is 1. The lowest BCUT2D eigenvalue weighted by atomic mass is 10.1. The van der Waals surface area contributed by atoms with Gasteiger partial charge in [-0.15, -0.1) is 11.3 Å². The summed E-state index contributed by atoms with van der Waals surface area (Å²) in [5.74, 6) is -1.06. The molecule has 1 N–H and O–H groups in total. The van der Waals surface area contributed by atoms with Crippen molar-refractivity contribution in [3.8, 4) is 0 Å². The summed E-state index contributed by atoms with van der Waals surface area (Å²) < 4.78 is 5.20. The minimum Gasteiger partial charge on any atom is -0.452 e. The Balaban J connectivity index is 1.53. The van der Waals surface area contributed by atoms with Crippen LogP contribution in [0.5, 0.6) is 0 Å². The van der Waals surface area contributed by atoms with E-state index in [0.717, 1.165) is 10.2 Å². The van der Waals surface area contributed by atoms with Gasteiger partial charge in [-0.05, 0) is 37.4 Å². The molecule has 3 rings (SSSR count). The largest absolute Gasteiger partial charge is 0.452 e. The maximum Gasteiger partial charge on any atom is 0.317 e. The molecule has 9 heteroatoms. The number of nitrogens with zero attached hydrogens (tertiary/aromatic N) is 2. The van der Waals surface area contributed by atoms with E-state index in [0.29, 0.717) is 16.3 Å². The van der Waals surface area contributed by atoms with Gasteiger partial charge < -0.3 is 10.1 Å². The van der Waals surface area contributed by atoms with Crippen molar-refractivity contribution in [2.45, 2.75) is 25.0 Å². The first-order chi connectivity index (χ1) is 13.4. The molecule has 1 atom stereocenters. The van der Waals surface area contributed by atoms with Gasteiger partial charge in [-0.2, -0.15) is 0 Å². The van der Waals surface area contributed by atoms with Gasteiger partial charge in [0.15, 0.2) is 11.9 Å². The third-order valence-corrected chi connectivity index (χ3v) is 5.57. The van der Waals surface area contributed by atoms with E-state index >= 15 is 0 Å². The van der Waals surface area contributed by atoms with Crippen molar-refractivity contribution in [1.82, 2.24) is 9.97 Å². The number of hydrogen-bond donors (Lipinski definition) is 1. The summed E-state index contributed by atoms with van der Waals surface area (Å²) in [5, 5.41) is 6.14. The van der Waals surface area contributed by atoms with Gasteiger partial charge in [-0.1, -0.05) is 23.9 Å². The zero-order valence-electron chi connectivity index (χ0n) is 15.2. The first-order valence-electron chi connectivity index (χ1n) is 8.36. The number of amides is 1. The number of hydrogen-bond acceptors (Lipinski definition) is 8. The van der Waals surface area contributed by atoms with Gasteiger partial charge in [0.05, 0.1) is 5.75 Å². The molecule has 1 aromatic carbocycles. The molecule has 0 spiro atoms. The maximum atomic E-state index is 12.2. The zero-order valence-corrected chi connectivity index (χ0v) is 16.8. The van der Waals surface area contributed by atoms with E-state index in [1.165, 1.54) is 43.3 Å². The second-order valence-electron chi connectivity index (χ2n) is 5.87. The number of esters is 1. The first kappa shape index (κ1) is 20.0. The molecule has 2 heterocycles. The van der Waals surface area contributed by atoms with Crippen LogP contribution in [0.1, 0.15) is 24.2 Å². The Morgan fingerprint density at radius 1 is 1.25 bits per heavy atom. The van der Waals surface area contributed by atoms with Crippen molar-refractivity contribution in [2.24, 2.45) is 0 Å². The summed E-state index contributed by atoms with van der Waals surface area (Å²) in [4.78, 5) is 45.0. The molecule has 2 aromatic heterocycles. The van der Waals surface area contributed by atoms with Crippen LogP contribution in [0.3, 0.4) is 0 Å². The molecular weight excluding hydrogens is 398 g/mol. The molecule has 1 amide bonds. The van der Waals surface area contributed by atoms with Crippen molar-refractivity contribution >= 4 is 56.7 Å². The minimum atomic E-state index is -0.972. The van der Waals surface area contributed by atoms with Crippen LogP contribution in [-0.4, -0.2) is 39.5 Å². The second-order valence-corrected chi connectivity index (χ2v) is 7.72. The number of nitrogens with one attached hydrogen (secondary N) is 1. The van der Waals surface area contributed by atoms with Crippen molar-refractivity contribution in [1.29, 1.82) is 0 Å². The minimum absolute atomic E-state index is 0.0272. The number of benzene rings is 1. The van der Waals surface area contributed by atoms with Gasteiger partial charge in [0, 0.05) is 16.6 Å². The third-order valence-electron chi connectivity index (χ3n) is 3.77.